The fraction of sp³-hybridized carbons (Fsp3) is 0.579. The van der Waals surface area contributed by atoms with Gasteiger partial charge in [-0.2, -0.15) is 22.0 Å². The highest BCUT2D eigenvalue weighted by molar-refractivity contribution is 7.98. The molecule has 0 radical (unpaired) electrons. The molecule has 4 heterocycles. The molecule has 26 heavy (non-hydrogen) atoms. The van der Waals surface area contributed by atoms with Crippen molar-refractivity contribution in [3.05, 3.63) is 35.2 Å². The monoisotopic (exact) mass is 370 g/mol. The molecular formula is C19H26N6S. The molecule has 2 aliphatic rings. The van der Waals surface area contributed by atoms with Crippen LogP contribution < -0.4 is 9.80 Å². The summed E-state index contributed by atoms with van der Waals surface area (Å²) in [5.41, 5.74) is 3.58. The number of thioether (sulfide) groups is 1. The van der Waals surface area contributed by atoms with E-state index in [2.05, 4.69) is 76.2 Å². The number of aryl methyl sites for hydroxylation is 1. The van der Waals surface area contributed by atoms with Gasteiger partial charge in [-0.15, -0.1) is 10.2 Å². The Balaban J connectivity index is 1.40. The highest BCUT2D eigenvalue weighted by Gasteiger charge is 2.32. The molecule has 0 N–H and O–H groups in total. The van der Waals surface area contributed by atoms with Crippen molar-refractivity contribution in [1.82, 2.24) is 20.4 Å². The van der Waals surface area contributed by atoms with Crippen molar-refractivity contribution in [2.75, 3.05) is 35.7 Å². The van der Waals surface area contributed by atoms with Gasteiger partial charge in [0.25, 0.3) is 0 Å². The summed E-state index contributed by atoms with van der Waals surface area (Å²) in [7, 11) is 2.11. The number of fused-ring (bicyclic) bond motifs is 1. The average Bonchev–Trinajstić information content (AvgIpc) is 2.59. The topological polar surface area (TPSA) is 58.0 Å². The van der Waals surface area contributed by atoms with Gasteiger partial charge < -0.3 is 9.80 Å². The maximum atomic E-state index is 4.45. The van der Waals surface area contributed by atoms with Crippen molar-refractivity contribution < 1.29 is 0 Å². The normalized spacial score (nSPS) is 17.6. The van der Waals surface area contributed by atoms with Gasteiger partial charge in [-0.3, -0.25) is 0 Å². The Kier molecular flexibility index (Phi) is 4.50. The summed E-state index contributed by atoms with van der Waals surface area (Å²) in [5, 5.41) is 17.7. The van der Waals surface area contributed by atoms with E-state index in [4.69, 9.17) is 0 Å². The minimum absolute atomic E-state index is 0.0344. The summed E-state index contributed by atoms with van der Waals surface area (Å²) in [4.78, 5) is 4.52. The number of nitrogens with zero attached hydrogens (tertiary/aromatic N) is 6. The number of aromatic nitrogens is 4. The zero-order valence-corrected chi connectivity index (χ0v) is 16.8. The van der Waals surface area contributed by atoms with E-state index in [1.54, 1.807) is 0 Å². The first kappa shape index (κ1) is 17.5. The molecule has 1 saturated heterocycles. The fourth-order valence-electron chi connectivity index (χ4n) is 3.27. The summed E-state index contributed by atoms with van der Waals surface area (Å²) in [5.74, 6) is 4.14. The molecule has 1 fully saturated rings. The molecule has 4 rings (SSSR count). The molecule has 0 aliphatic carbocycles. The largest absolute Gasteiger partial charge is 0.352 e. The number of hydrogen-bond acceptors (Lipinski definition) is 7. The smallest absolute Gasteiger partial charge is 0.151 e. The van der Waals surface area contributed by atoms with Crippen LogP contribution in [0.3, 0.4) is 0 Å². The van der Waals surface area contributed by atoms with E-state index < -0.39 is 0 Å². The Morgan fingerprint density at radius 1 is 1.12 bits per heavy atom. The van der Waals surface area contributed by atoms with E-state index in [9.17, 15) is 0 Å². The predicted octanol–water partition coefficient (Wildman–Crippen LogP) is 2.68. The zero-order chi connectivity index (χ0) is 18.3. The van der Waals surface area contributed by atoms with E-state index in [0.717, 1.165) is 48.3 Å². The molecule has 0 saturated carbocycles. The van der Waals surface area contributed by atoms with Gasteiger partial charge in [0.05, 0.1) is 17.4 Å². The minimum atomic E-state index is 0.0344. The van der Waals surface area contributed by atoms with Crippen LogP contribution in [0.1, 0.15) is 37.7 Å². The Labute approximate surface area is 159 Å². The average molecular weight is 371 g/mol. The summed E-state index contributed by atoms with van der Waals surface area (Å²) < 4.78 is 0. The predicted molar refractivity (Wildman–Crippen MR) is 107 cm³/mol. The van der Waals surface area contributed by atoms with Crippen LogP contribution in [-0.2, 0) is 17.6 Å². The summed E-state index contributed by atoms with van der Waals surface area (Å²) in [6.45, 7) is 8.34. The third-order valence-electron chi connectivity index (χ3n) is 5.20. The SMILES string of the molecule is CN(c1cc2c(nn1)CCSC2)C1CN(c2ccc(C(C)(C)C)nn2)C1. The van der Waals surface area contributed by atoms with Crippen molar-refractivity contribution in [3.8, 4) is 0 Å². The Morgan fingerprint density at radius 2 is 1.92 bits per heavy atom. The second-order valence-electron chi connectivity index (χ2n) is 8.17. The van der Waals surface area contributed by atoms with Crippen LogP contribution in [-0.4, -0.2) is 52.3 Å². The first-order valence-electron chi connectivity index (χ1n) is 9.17. The number of hydrogen-bond donors (Lipinski definition) is 0. The number of rotatable bonds is 3. The summed E-state index contributed by atoms with van der Waals surface area (Å²) >= 11 is 1.98. The quantitative estimate of drug-likeness (QED) is 0.823. The standard InChI is InChI=1S/C19H26N6S/c1-19(2,3)16-5-6-17(22-21-16)25-10-14(11-25)24(4)18-9-13-12-26-8-7-15(13)20-23-18/h5-6,9,14H,7-8,10-12H2,1-4H3. The first-order chi connectivity index (χ1) is 12.4. The van der Waals surface area contributed by atoms with Crippen molar-refractivity contribution in [1.29, 1.82) is 0 Å². The molecule has 138 valence electrons. The summed E-state index contributed by atoms with van der Waals surface area (Å²) in [6, 6.07) is 6.82. The second-order valence-corrected chi connectivity index (χ2v) is 9.28. The molecular weight excluding hydrogens is 344 g/mol. The van der Waals surface area contributed by atoms with Crippen LogP contribution in [0.2, 0.25) is 0 Å². The van der Waals surface area contributed by atoms with Crippen LogP contribution in [0.15, 0.2) is 18.2 Å². The highest BCUT2D eigenvalue weighted by atomic mass is 32.2. The van der Waals surface area contributed by atoms with Crippen molar-refractivity contribution >= 4 is 23.4 Å². The lowest BCUT2D eigenvalue weighted by molar-refractivity contribution is 0.484. The zero-order valence-electron chi connectivity index (χ0n) is 15.9. The molecule has 0 bridgehead atoms. The van der Waals surface area contributed by atoms with Gasteiger partial charge in [-0.1, -0.05) is 20.8 Å². The first-order valence-corrected chi connectivity index (χ1v) is 10.3. The van der Waals surface area contributed by atoms with Gasteiger partial charge >= 0.3 is 0 Å². The Morgan fingerprint density at radius 3 is 2.62 bits per heavy atom. The van der Waals surface area contributed by atoms with Gasteiger partial charge in [0.1, 0.15) is 0 Å². The van der Waals surface area contributed by atoms with Crippen LogP contribution >= 0.6 is 11.8 Å². The lowest BCUT2D eigenvalue weighted by atomic mass is 9.92. The number of likely N-dealkylation sites (N-methyl/N-ethyl adjacent to an activating group) is 1. The lowest BCUT2D eigenvalue weighted by Crippen LogP contribution is -2.59. The molecule has 0 atom stereocenters. The molecule has 6 nitrogen and oxygen atoms in total. The van der Waals surface area contributed by atoms with Crippen LogP contribution in [0.4, 0.5) is 11.6 Å². The maximum Gasteiger partial charge on any atom is 0.151 e. The van der Waals surface area contributed by atoms with Gasteiger partial charge in [-0.25, -0.2) is 0 Å². The van der Waals surface area contributed by atoms with Crippen molar-refractivity contribution in [3.63, 3.8) is 0 Å². The van der Waals surface area contributed by atoms with Gasteiger partial charge in [0.2, 0.25) is 0 Å². The van der Waals surface area contributed by atoms with Crippen LogP contribution in [0.5, 0.6) is 0 Å². The van der Waals surface area contributed by atoms with Crippen molar-refractivity contribution in [2.24, 2.45) is 0 Å². The molecule has 0 amide bonds. The second kappa shape index (κ2) is 6.68. The Bertz CT molecular complexity index is 780. The molecule has 2 aliphatic heterocycles. The molecule has 0 spiro atoms. The molecule has 0 aromatic carbocycles. The number of anilines is 2. The van der Waals surface area contributed by atoms with Crippen LogP contribution in [0.25, 0.3) is 0 Å². The molecule has 0 unspecified atom stereocenters. The van der Waals surface area contributed by atoms with Crippen LogP contribution in [0, 0.1) is 0 Å². The molecule has 7 heteroatoms. The van der Waals surface area contributed by atoms with E-state index in [1.165, 1.54) is 11.3 Å². The van der Waals surface area contributed by atoms with Crippen molar-refractivity contribution in [2.45, 2.75) is 44.4 Å². The van der Waals surface area contributed by atoms with E-state index in [-0.39, 0.29) is 5.41 Å². The van der Waals surface area contributed by atoms with E-state index in [1.807, 2.05) is 11.8 Å². The minimum Gasteiger partial charge on any atom is -0.352 e. The van der Waals surface area contributed by atoms with E-state index in [0.29, 0.717) is 6.04 Å². The molecule has 2 aromatic heterocycles. The van der Waals surface area contributed by atoms with Gasteiger partial charge in [-0.05, 0) is 29.5 Å². The Hall–Kier alpha value is -1.89. The molecule has 2 aromatic rings. The lowest BCUT2D eigenvalue weighted by Gasteiger charge is -2.44. The van der Waals surface area contributed by atoms with E-state index >= 15 is 0 Å². The third-order valence-corrected chi connectivity index (χ3v) is 6.21. The van der Waals surface area contributed by atoms with Gasteiger partial charge in [0.15, 0.2) is 11.6 Å². The highest BCUT2D eigenvalue weighted by Crippen LogP contribution is 2.28. The fourth-order valence-corrected chi connectivity index (χ4v) is 4.22. The third kappa shape index (κ3) is 3.37. The summed E-state index contributed by atoms with van der Waals surface area (Å²) in [6.07, 6.45) is 1.04. The van der Waals surface area contributed by atoms with Gasteiger partial charge in [0, 0.05) is 37.7 Å². The maximum absolute atomic E-state index is 4.45.